The van der Waals surface area contributed by atoms with Gasteiger partial charge in [-0.3, -0.25) is 4.99 Å². The lowest BCUT2D eigenvalue weighted by Crippen LogP contribution is -1.96. The molecule has 0 aliphatic carbocycles. The largest absolute Gasteiger partial charge is 0.255 e. The van der Waals surface area contributed by atoms with Crippen molar-refractivity contribution in [3.05, 3.63) is 28.8 Å². The predicted octanol–water partition coefficient (Wildman–Crippen LogP) is 4.04. The molecule has 0 heterocycles. The van der Waals surface area contributed by atoms with Crippen molar-refractivity contribution in [1.82, 2.24) is 0 Å². The molecule has 4 heteroatoms. The molecule has 17 heavy (non-hydrogen) atoms. The van der Waals surface area contributed by atoms with Crippen LogP contribution in [0.3, 0.4) is 0 Å². The summed E-state index contributed by atoms with van der Waals surface area (Å²) in [7, 11) is 0. The molecule has 1 aromatic carbocycles. The second-order valence-electron chi connectivity index (χ2n) is 3.90. The van der Waals surface area contributed by atoms with Crippen LogP contribution in [0.15, 0.2) is 11.1 Å². The maximum atomic E-state index is 13.7. The molecule has 0 N–H and O–H groups in total. The van der Waals surface area contributed by atoms with Crippen LogP contribution >= 0.6 is 0 Å². The van der Waals surface area contributed by atoms with Crippen molar-refractivity contribution >= 4 is 11.4 Å². The maximum absolute atomic E-state index is 13.7. The highest BCUT2D eigenvalue weighted by Gasteiger charge is 2.14. The smallest absolute Gasteiger partial charge is 0.150 e. The molecule has 2 nitrogen and oxygen atoms in total. The Kier molecular flexibility index (Phi) is 4.33. The Morgan fingerprint density at radius 2 is 2.12 bits per heavy atom. The van der Waals surface area contributed by atoms with Crippen LogP contribution in [0, 0.1) is 29.9 Å². The molecule has 0 aromatic heterocycles. The van der Waals surface area contributed by atoms with Crippen molar-refractivity contribution < 1.29 is 8.78 Å². The quantitative estimate of drug-likeness (QED) is 0.729. The zero-order valence-electron chi connectivity index (χ0n) is 10.1. The molecule has 0 aliphatic heterocycles. The first kappa shape index (κ1) is 13.3. The highest BCUT2D eigenvalue weighted by atomic mass is 19.1. The van der Waals surface area contributed by atoms with Crippen molar-refractivity contribution in [3.8, 4) is 6.07 Å². The number of halogens is 2. The lowest BCUT2D eigenvalue weighted by molar-refractivity contribution is 0.591. The van der Waals surface area contributed by atoms with E-state index in [0.29, 0.717) is 0 Å². The average molecular weight is 236 g/mol. The van der Waals surface area contributed by atoms with E-state index in [1.807, 2.05) is 6.92 Å². The Balaban J connectivity index is 3.32. The number of aliphatic imine (C=N–C) groups is 1. The minimum Gasteiger partial charge on any atom is -0.255 e. The molecule has 0 aliphatic rings. The van der Waals surface area contributed by atoms with Gasteiger partial charge in [-0.25, -0.2) is 8.78 Å². The van der Waals surface area contributed by atoms with E-state index in [1.54, 1.807) is 13.0 Å². The van der Waals surface area contributed by atoms with E-state index in [4.69, 9.17) is 5.26 Å². The first-order valence-corrected chi connectivity index (χ1v) is 5.44. The summed E-state index contributed by atoms with van der Waals surface area (Å²) in [4.78, 5) is 4.08. The summed E-state index contributed by atoms with van der Waals surface area (Å²) in [6.45, 7) is 5.19. The van der Waals surface area contributed by atoms with Gasteiger partial charge in [-0.2, -0.15) is 5.26 Å². The molecular weight excluding hydrogens is 222 g/mol. The second-order valence-corrected chi connectivity index (χ2v) is 3.90. The molecule has 1 aromatic rings. The summed E-state index contributed by atoms with van der Waals surface area (Å²) < 4.78 is 27.3. The number of benzene rings is 1. The second kappa shape index (κ2) is 5.53. The van der Waals surface area contributed by atoms with Crippen molar-refractivity contribution in [1.29, 1.82) is 5.26 Å². The van der Waals surface area contributed by atoms with Gasteiger partial charge in [0.2, 0.25) is 0 Å². The Bertz CT molecular complexity index is 499. The Labute approximate surface area is 99.6 Å². The summed E-state index contributed by atoms with van der Waals surface area (Å²) in [5.74, 6) is -1.35. The number of nitrogens with zero attached hydrogens (tertiary/aromatic N) is 2. The van der Waals surface area contributed by atoms with Gasteiger partial charge in [0.1, 0.15) is 17.6 Å². The number of nitriles is 1. The topological polar surface area (TPSA) is 36.1 Å². The summed E-state index contributed by atoms with van der Waals surface area (Å²) in [6, 6.07) is 2.51. The molecule has 90 valence electrons. The zero-order valence-corrected chi connectivity index (χ0v) is 10.1. The monoisotopic (exact) mass is 236 g/mol. The standard InChI is InChI=1S/C13H14F2N2/c1-4-5-8(2)17-13-9(3)12(15)10(7-16)6-11(13)14/h6H,4-5H2,1-3H3. The van der Waals surface area contributed by atoms with E-state index in [9.17, 15) is 8.78 Å². The molecule has 0 saturated heterocycles. The highest BCUT2D eigenvalue weighted by Crippen LogP contribution is 2.28. The summed E-state index contributed by atoms with van der Waals surface area (Å²) in [5, 5.41) is 8.63. The van der Waals surface area contributed by atoms with Crippen LogP contribution in [0.1, 0.15) is 37.8 Å². The van der Waals surface area contributed by atoms with Crippen LogP contribution in [0.5, 0.6) is 0 Å². The molecule has 0 atom stereocenters. The van der Waals surface area contributed by atoms with E-state index >= 15 is 0 Å². The van der Waals surface area contributed by atoms with Gasteiger partial charge in [0.15, 0.2) is 5.82 Å². The summed E-state index contributed by atoms with van der Waals surface area (Å²) >= 11 is 0. The third-order valence-corrected chi connectivity index (χ3v) is 2.45. The molecule has 0 bridgehead atoms. The van der Waals surface area contributed by atoms with Crippen LogP contribution < -0.4 is 0 Å². The van der Waals surface area contributed by atoms with Crippen molar-refractivity contribution in [2.75, 3.05) is 0 Å². The lowest BCUT2D eigenvalue weighted by atomic mass is 10.1. The van der Waals surface area contributed by atoms with Gasteiger partial charge in [0.25, 0.3) is 0 Å². The summed E-state index contributed by atoms with van der Waals surface area (Å²) in [6.07, 6.45) is 1.63. The van der Waals surface area contributed by atoms with Gasteiger partial charge in [-0.15, -0.1) is 0 Å². The molecule has 0 unspecified atom stereocenters. The van der Waals surface area contributed by atoms with E-state index < -0.39 is 11.6 Å². The first-order valence-electron chi connectivity index (χ1n) is 5.44. The van der Waals surface area contributed by atoms with E-state index in [1.165, 1.54) is 6.92 Å². The maximum Gasteiger partial charge on any atom is 0.150 e. The highest BCUT2D eigenvalue weighted by molar-refractivity contribution is 5.85. The Morgan fingerprint density at radius 1 is 1.47 bits per heavy atom. The molecule has 0 fully saturated rings. The van der Waals surface area contributed by atoms with Gasteiger partial charge in [0, 0.05) is 11.3 Å². The molecule has 0 amide bonds. The van der Waals surface area contributed by atoms with Crippen LogP contribution in [0.2, 0.25) is 0 Å². The fraction of sp³-hybridized carbons (Fsp3) is 0.385. The number of rotatable bonds is 3. The van der Waals surface area contributed by atoms with Crippen LogP contribution in [0.25, 0.3) is 0 Å². The van der Waals surface area contributed by atoms with Crippen molar-refractivity contribution in [3.63, 3.8) is 0 Å². The van der Waals surface area contributed by atoms with Crippen LogP contribution in [-0.4, -0.2) is 5.71 Å². The Morgan fingerprint density at radius 3 is 2.65 bits per heavy atom. The van der Waals surface area contributed by atoms with Crippen LogP contribution in [-0.2, 0) is 0 Å². The average Bonchev–Trinajstić information content (AvgIpc) is 2.29. The Hall–Kier alpha value is -1.76. The van der Waals surface area contributed by atoms with Gasteiger partial charge in [0.05, 0.1) is 5.56 Å². The minimum absolute atomic E-state index is 0.00699. The molecule has 1 rings (SSSR count). The third kappa shape index (κ3) is 2.88. The normalized spacial score (nSPS) is 11.4. The van der Waals surface area contributed by atoms with Gasteiger partial charge < -0.3 is 0 Å². The fourth-order valence-electron chi connectivity index (χ4n) is 1.57. The fourth-order valence-corrected chi connectivity index (χ4v) is 1.57. The summed E-state index contributed by atoms with van der Waals surface area (Å²) in [5.41, 5.74) is 0.537. The van der Waals surface area contributed by atoms with E-state index in [-0.39, 0.29) is 16.8 Å². The SMILES string of the molecule is CCCC(C)=Nc1c(F)cc(C#N)c(F)c1C. The predicted molar refractivity (Wildman–Crippen MR) is 63.5 cm³/mol. The zero-order chi connectivity index (χ0) is 13.0. The van der Waals surface area contributed by atoms with Crippen LogP contribution in [0.4, 0.5) is 14.5 Å². The molecular formula is C13H14F2N2. The minimum atomic E-state index is -0.697. The lowest BCUT2D eigenvalue weighted by Gasteiger charge is -2.06. The number of hydrogen-bond donors (Lipinski definition) is 0. The molecule has 0 spiro atoms. The van der Waals surface area contributed by atoms with E-state index in [0.717, 1.165) is 24.6 Å². The van der Waals surface area contributed by atoms with Crippen molar-refractivity contribution in [2.45, 2.75) is 33.6 Å². The van der Waals surface area contributed by atoms with E-state index in [2.05, 4.69) is 4.99 Å². The first-order chi connectivity index (χ1) is 8.01. The molecule has 0 radical (unpaired) electrons. The molecule has 0 saturated carbocycles. The number of hydrogen-bond acceptors (Lipinski definition) is 2. The van der Waals surface area contributed by atoms with Gasteiger partial charge >= 0.3 is 0 Å². The van der Waals surface area contributed by atoms with Gasteiger partial charge in [-0.1, -0.05) is 13.3 Å². The van der Waals surface area contributed by atoms with Gasteiger partial charge in [-0.05, 0) is 26.3 Å². The van der Waals surface area contributed by atoms with Crippen molar-refractivity contribution in [2.24, 2.45) is 4.99 Å². The third-order valence-electron chi connectivity index (χ3n) is 2.45.